The summed E-state index contributed by atoms with van der Waals surface area (Å²) < 4.78 is 5.91. The van der Waals surface area contributed by atoms with Crippen molar-refractivity contribution in [3.63, 3.8) is 0 Å². The molecule has 1 N–H and O–H groups in total. The minimum Gasteiger partial charge on any atom is -0.493 e. The van der Waals surface area contributed by atoms with Gasteiger partial charge >= 0.3 is 0 Å². The summed E-state index contributed by atoms with van der Waals surface area (Å²) in [6.45, 7) is 11.7. The average Bonchev–Trinajstić information content (AvgIpc) is 2.35. The lowest BCUT2D eigenvalue weighted by atomic mass is 10.1. The number of para-hydroxylation sites is 1. The van der Waals surface area contributed by atoms with E-state index >= 15 is 0 Å². The quantitative estimate of drug-likeness (QED) is 0.673. The molecule has 108 valence electrons. The highest BCUT2D eigenvalue weighted by Gasteiger charge is 2.03. The number of rotatable bonds is 9. The molecular formula is C17H29NO. The Hall–Kier alpha value is -1.02. The molecule has 0 saturated heterocycles. The molecule has 0 saturated carbocycles. The summed E-state index contributed by atoms with van der Waals surface area (Å²) >= 11 is 0. The molecule has 0 aromatic heterocycles. The molecule has 1 aromatic rings. The largest absolute Gasteiger partial charge is 0.493 e. The highest BCUT2D eigenvalue weighted by Crippen LogP contribution is 2.18. The third-order valence-electron chi connectivity index (χ3n) is 3.02. The Labute approximate surface area is 118 Å². The Kier molecular flexibility index (Phi) is 7.57. The van der Waals surface area contributed by atoms with Crippen LogP contribution in [0.5, 0.6) is 5.75 Å². The lowest BCUT2D eigenvalue weighted by Gasteiger charge is -2.13. The van der Waals surface area contributed by atoms with Gasteiger partial charge in [0.05, 0.1) is 6.61 Å². The summed E-state index contributed by atoms with van der Waals surface area (Å²) in [6, 6.07) is 8.34. The molecular weight excluding hydrogens is 234 g/mol. The van der Waals surface area contributed by atoms with Crippen molar-refractivity contribution in [1.29, 1.82) is 0 Å². The van der Waals surface area contributed by atoms with Crippen LogP contribution in [0.3, 0.4) is 0 Å². The van der Waals surface area contributed by atoms with E-state index < -0.39 is 0 Å². The van der Waals surface area contributed by atoms with Crippen molar-refractivity contribution >= 4 is 0 Å². The Balaban J connectivity index is 2.39. The van der Waals surface area contributed by atoms with E-state index in [4.69, 9.17) is 4.74 Å². The van der Waals surface area contributed by atoms with Gasteiger partial charge in [-0.2, -0.15) is 0 Å². The molecule has 0 atom stereocenters. The molecule has 0 fully saturated rings. The highest BCUT2D eigenvalue weighted by molar-refractivity contribution is 5.33. The maximum absolute atomic E-state index is 5.91. The van der Waals surface area contributed by atoms with Gasteiger partial charge in [0.2, 0.25) is 0 Å². The van der Waals surface area contributed by atoms with Crippen LogP contribution in [0, 0.1) is 11.8 Å². The summed E-state index contributed by atoms with van der Waals surface area (Å²) in [7, 11) is 0. The van der Waals surface area contributed by atoms with Crippen LogP contribution in [-0.2, 0) is 6.54 Å². The molecule has 0 heterocycles. The van der Waals surface area contributed by atoms with Gasteiger partial charge in [0, 0.05) is 12.1 Å². The maximum atomic E-state index is 5.91. The summed E-state index contributed by atoms with van der Waals surface area (Å²) in [5.41, 5.74) is 1.26. The fourth-order valence-corrected chi connectivity index (χ4v) is 1.96. The first-order chi connectivity index (χ1) is 9.09. The van der Waals surface area contributed by atoms with Crippen LogP contribution in [-0.4, -0.2) is 13.2 Å². The second kappa shape index (κ2) is 8.98. The summed E-state index contributed by atoms with van der Waals surface area (Å²) in [5.74, 6) is 2.47. The first-order valence-electron chi connectivity index (χ1n) is 7.51. The second-order valence-corrected chi connectivity index (χ2v) is 6.02. The fraction of sp³-hybridized carbons (Fsp3) is 0.647. The molecule has 1 rings (SSSR count). The zero-order valence-corrected chi connectivity index (χ0v) is 12.9. The topological polar surface area (TPSA) is 21.3 Å². The van der Waals surface area contributed by atoms with E-state index in [0.717, 1.165) is 37.8 Å². The van der Waals surface area contributed by atoms with Gasteiger partial charge in [0.15, 0.2) is 0 Å². The Morgan fingerprint density at radius 2 is 1.79 bits per heavy atom. The molecule has 1 aromatic carbocycles. The third kappa shape index (κ3) is 7.22. The van der Waals surface area contributed by atoms with Crippen molar-refractivity contribution in [3.8, 4) is 5.75 Å². The van der Waals surface area contributed by atoms with Crippen molar-refractivity contribution in [3.05, 3.63) is 29.8 Å². The van der Waals surface area contributed by atoms with Crippen LogP contribution >= 0.6 is 0 Å². The van der Waals surface area contributed by atoms with Crippen LogP contribution in [0.2, 0.25) is 0 Å². The van der Waals surface area contributed by atoms with Crippen molar-refractivity contribution in [2.24, 2.45) is 11.8 Å². The molecule has 0 aliphatic heterocycles. The molecule has 0 spiro atoms. The smallest absolute Gasteiger partial charge is 0.123 e. The van der Waals surface area contributed by atoms with E-state index in [9.17, 15) is 0 Å². The molecule has 2 heteroatoms. The average molecular weight is 263 g/mol. The minimum atomic E-state index is 0.680. The van der Waals surface area contributed by atoms with Gasteiger partial charge in [-0.3, -0.25) is 0 Å². The van der Waals surface area contributed by atoms with Crippen molar-refractivity contribution < 1.29 is 4.74 Å². The van der Waals surface area contributed by atoms with Crippen LogP contribution in [0.25, 0.3) is 0 Å². The molecule has 0 bridgehead atoms. The zero-order chi connectivity index (χ0) is 14.1. The lowest BCUT2D eigenvalue weighted by molar-refractivity contribution is 0.294. The lowest BCUT2D eigenvalue weighted by Crippen LogP contribution is -2.19. The van der Waals surface area contributed by atoms with Crippen molar-refractivity contribution in [1.82, 2.24) is 5.32 Å². The van der Waals surface area contributed by atoms with Crippen LogP contribution in [0.1, 0.15) is 46.1 Å². The van der Waals surface area contributed by atoms with Crippen LogP contribution < -0.4 is 10.1 Å². The Morgan fingerprint density at radius 3 is 2.47 bits per heavy atom. The first kappa shape index (κ1) is 16.0. The van der Waals surface area contributed by atoms with Gasteiger partial charge in [-0.15, -0.1) is 0 Å². The van der Waals surface area contributed by atoms with Crippen molar-refractivity contribution in [2.45, 2.75) is 47.1 Å². The Morgan fingerprint density at radius 1 is 1.05 bits per heavy atom. The van der Waals surface area contributed by atoms with E-state index in [1.807, 2.05) is 6.07 Å². The predicted molar refractivity (Wildman–Crippen MR) is 82.6 cm³/mol. The van der Waals surface area contributed by atoms with E-state index in [0.29, 0.717) is 5.92 Å². The molecule has 0 radical (unpaired) electrons. The van der Waals surface area contributed by atoms with Crippen molar-refractivity contribution in [2.75, 3.05) is 13.2 Å². The number of ether oxygens (including phenoxy) is 1. The van der Waals surface area contributed by atoms with E-state index in [1.165, 1.54) is 12.0 Å². The number of hydrogen-bond donors (Lipinski definition) is 1. The van der Waals surface area contributed by atoms with Crippen LogP contribution in [0.15, 0.2) is 24.3 Å². The van der Waals surface area contributed by atoms with Gasteiger partial charge in [-0.1, -0.05) is 45.9 Å². The fourth-order valence-electron chi connectivity index (χ4n) is 1.96. The Bertz CT molecular complexity index is 347. The maximum Gasteiger partial charge on any atom is 0.123 e. The van der Waals surface area contributed by atoms with Gasteiger partial charge in [0.1, 0.15) is 5.75 Å². The standard InChI is InChI=1S/C17H29NO/c1-14(2)8-7-11-19-17-10-6-5-9-16(17)13-18-12-15(3)4/h5-6,9-10,14-15,18H,7-8,11-13H2,1-4H3. The number of hydrogen-bond acceptors (Lipinski definition) is 2. The molecule has 0 amide bonds. The van der Waals surface area contributed by atoms with Gasteiger partial charge in [0.25, 0.3) is 0 Å². The zero-order valence-electron chi connectivity index (χ0n) is 12.9. The second-order valence-electron chi connectivity index (χ2n) is 6.02. The normalized spacial score (nSPS) is 11.3. The minimum absolute atomic E-state index is 0.680. The van der Waals surface area contributed by atoms with E-state index in [-0.39, 0.29) is 0 Å². The van der Waals surface area contributed by atoms with Gasteiger partial charge < -0.3 is 10.1 Å². The summed E-state index contributed by atoms with van der Waals surface area (Å²) in [4.78, 5) is 0. The highest BCUT2D eigenvalue weighted by atomic mass is 16.5. The molecule has 0 unspecified atom stereocenters. The molecule has 2 nitrogen and oxygen atoms in total. The van der Waals surface area contributed by atoms with Gasteiger partial charge in [-0.25, -0.2) is 0 Å². The summed E-state index contributed by atoms with van der Waals surface area (Å²) in [6.07, 6.45) is 2.36. The molecule has 0 aliphatic rings. The molecule has 0 aliphatic carbocycles. The summed E-state index contributed by atoms with van der Waals surface area (Å²) in [5, 5.41) is 3.47. The van der Waals surface area contributed by atoms with E-state index in [2.05, 4.69) is 51.2 Å². The van der Waals surface area contributed by atoms with Crippen LogP contribution in [0.4, 0.5) is 0 Å². The molecule has 19 heavy (non-hydrogen) atoms. The third-order valence-corrected chi connectivity index (χ3v) is 3.02. The first-order valence-corrected chi connectivity index (χ1v) is 7.51. The van der Waals surface area contributed by atoms with E-state index in [1.54, 1.807) is 0 Å². The predicted octanol–water partition coefficient (Wildman–Crippen LogP) is 4.25. The SMILES string of the molecule is CC(C)CCCOc1ccccc1CNCC(C)C. The van der Waals surface area contributed by atoms with Gasteiger partial charge in [-0.05, 0) is 37.3 Å². The monoisotopic (exact) mass is 263 g/mol. The number of benzene rings is 1. The number of nitrogens with one attached hydrogen (secondary N) is 1.